The topological polar surface area (TPSA) is 15.3 Å². The zero-order valence-electron chi connectivity index (χ0n) is 12.1. The molecule has 2 nitrogen and oxygen atoms in total. The lowest BCUT2D eigenvalue weighted by atomic mass is 9.86. The van der Waals surface area contributed by atoms with Gasteiger partial charge in [0.1, 0.15) is 5.82 Å². The Balaban J connectivity index is 2.31. The van der Waals surface area contributed by atoms with Crippen molar-refractivity contribution in [1.82, 2.24) is 5.32 Å². The molecule has 112 valence electrons. The van der Waals surface area contributed by atoms with Crippen molar-refractivity contribution in [3.8, 4) is 0 Å². The molecule has 1 fully saturated rings. The fourth-order valence-electron chi connectivity index (χ4n) is 2.54. The summed E-state index contributed by atoms with van der Waals surface area (Å²) in [6.45, 7) is 8.91. The summed E-state index contributed by atoms with van der Waals surface area (Å²) in [5.74, 6) is -1.06. The molecule has 5 heteroatoms. The first kappa shape index (κ1) is 15.7. The second kappa shape index (κ2) is 5.98. The van der Waals surface area contributed by atoms with E-state index >= 15 is 0 Å². The largest absolute Gasteiger partial charge is 0.367 e. The minimum atomic E-state index is -0.557. The Hall–Kier alpha value is -0.680. The summed E-state index contributed by atoms with van der Waals surface area (Å²) in [7, 11) is 0. The van der Waals surface area contributed by atoms with Crippen LogP contribution in [-0.4, -0.2) is 25.7 Å². The quantitative estimate of drug-likeness (QED) is 0.828. The molecule has 0 spiro atoms. The van der Waals surface area contributed by atoms with Crippen LogP contribution in [0.5, 0.6) is 0 Å². The van der Waals surface area contributed by atoms with Crippen LogP contribution in [0.2, 0.25) is 0 Å². The first-order chi connectivity index (χ1) is 9.29. The summed E-state index contributed by atoms with van der Waals surface area (Å²) in [5.41, 5.74) is 0.551. The SMILES string of the molecule is CC(C)(C)C1CN(c2c(F)cc(F)cc2Br)CCCN1. The van der Waals surface area contributed by atoms with Gasteiger partial charge in [-0.1, -0.05) is 20.8 Å². The lowest BCUT2D eigenvalue weighted by Crippen LogP contribution is -2.46. The molecule has 1 saturated heterocycles. The van der Waals surface area contributed by atoms with Gasteiger partial charge in [-0.25, -0.2) is 8.78 Å². The van der Waals surface area contributed by atoms with Gasteiger partial charge in [-0.05, 0) is 40.4 Å². The minimum Gasteiger partial charge on any atom is -0.367 e. The third kappa shape index (κ3) is 3.50. The second-order valence-electron chi connectivity index (χ2n) is 6.39. The van der Waals surface area contributed by atoms with E-state index in [4.69, 9.17) is 0 Å². The molecule has 0 aliphatic carbocycles. The number of nitrogens with one attached hydrogen (secondary N) is 1. The van der Waals surface area contributed by atoms with Crippen LogP contribution in [0.1, 0.15) is 27.2 Å². The number of halogens is 3. The molecule has 1 unspecified atom stereocenters. The van der Waals surface area contributed by atoms with E-state index in [1.54, 1.807) is 0 Å². The smallest absolute Gasteiger partial charge is 0.150 e. The molecule has 0 amide bonds. The van der Waals surface area contributed by atoms with E-state index in [-0.39, 0.29) is 11.5 Å². The van der Waals surface area contributed by atoms with E-state index in [0.717, 1.165) is 25.6 Å². The molecule has 1 aliphatic heterocycles. The maximum atomic E-state index is 14.1. The Bertz CT molecular complexity index is 462. The molecule has 1 N–H and O–H groups in total. The lowest BCUT2D eigenvalue weighted by Gasteiger charge is -2.35. The second-order valence-corrected chi connectivity index (χ2v) is 7.24. The highest BCUT2D eigenvalue weighted by Crippen LogP contribution is 2.33. The van der Waals surface area contributed by atoms with Crippen LogP contribution < -0.4 is 10.2 Å². The van der Waals surface area contributed by atoms with Crippen LogP contribution in [0.15, 0.2) is 16.6 Å². The van der Waals surface area contributed by atoms with Gasteiger partial charge in [0.15, 0.2) is 5.82 Å². The van der Waals surface area contributed by atoms with Crippen LogP contribution in [0.4, 0.5) is 14.5 Å². The number of rotatable bonds is 1. The molecule has 0 saturated carbocycles. The van der Waals surface area contributed by atoms with Crippen molar-refractivity contribution < 1.29 is 8.78 Å². The molecule has 2 rings (SSSR count). The molecule has 0 aromatic heterocycles. The molecular formula is C15H21BrF2N2. The normalized spacial score (nSPS) is 20.9. The van der Waals surface area contributed by atoms with E-state index in [1.807, 2.05) is 4.90 Å². The highest BCUT2D eigenvalue weighted by Gasteiger charge is 2.29. The fourth-order valence-corrected chi connectivity index (χ4v) is 3.20. The van der Waals surface area contributed by atoms with E-state index in [0.29, 0.717) is 16.7 Å². The number of hydrogen-bond donors (Lipinski definition) is 1. The Morgan fingerprint density at radius 3 is 2.60 bits per heavy atom. The molecule has 1 atom stereocenters. The summed E-state index contributed by atoms with van der Waals surface area (Å²) >= 11 is 3.29. The zero-order chi connectivity index (χ0) is 14.9. The Morgan fingerprint density at radius 1 is 1.30 bits per heavy atom. The lowest BCUT2D eigenvalue weighted by molar-refractivity contribution is 0.280. The van der Waals surface area contributed by atoms with Crippen LogP contribution >= 0.6 is 15.9 Å². The first-order valence-corrected chi connectivity index (χ1v) is 7.71. The number of nitrogens with zero attached hydrogens (tertiary/aromatic N) is 1. The molecule has 0 radical (unpaired) electrons. The van der Waals surface area contributed by atoms with Crippen LogP contribution in [0.3, 0.4) is 0 Å². The van der Waals surface area contributed by atoms with Crippen molar-refractivity contribution in [2.45, 2.75) is 33.2 Å². The number of benzene rings is 1. The van der Waals surface area contributed by atoms with E-state index in [2.05, 4.69) is 42.0 Å². The fraction of sp³-hybridized carbons (Fsp3) is 0.600. The molecule has 20 heavy (non-hydrogen) atoms. The van der Waals surface area contributed by atoms with Gasteiger partial charge in [0, 0.05) is 29.7 Å². The van der Waals surface area contributed by atoms with Gasteiger partial charge in [0.2, 0.25) is 0 Å². The highest BCUT2D eigenvalue weighted by atomic mass is 79.9. The van der Waals surface area contributed by atoms with Gasteiger partial charge in [0.25, 0.3) is 0 Å². The van der Waals surface area contributed by atoms with Gasteiger partial charge < -0.3 is 10.2 Å². The third-order valence-corrected chi connectivity index (χ3v) is 4.35. The average Bonchev–Trinajstić information content (AvgIpc) is 2.52. The average molecular weight is 347 g/mol. The van der Waals surface area contributed by atoms with Crippen LogP contribution in [0.25, 0.3) is 0 Å². The summed E-state index contributed by atoms with van der Waals surface area (Å²) in [6, 6.07) is 2.54. The van der Waals surface area contributed by atoms with E-state index in [9.17, 15) is 8.78 Å². The zero-order valence-corrected chi connectivity index (χ0v) is 13.7. The maximum Gasteiger partial charge on any atom is 0.150 e. The summed E-state index contributed by atoms with van der Waals surface area (Å²) in [6.07, 6.45) is 0.940. The van der Waals surface area contributed by atoms with Crippen molar-refractivity contribution in [3.63, 3.8) is 0 Å². The first-order valence-electron chi connectivity index (χ1n) is 6.92. The molecule has 1 aromatic rings. The van der Waals surface area contributed by atoms with Gasteiger partial charge in [-0.15, -0.1) is 0 Å². The summed E-state index contributed by atoms with van der Waals surface area (Å²) in [4.78, 5) is 2.01. The predicted octanol–water partition coefficient (Wildman–Crippen LogP) is 3.94. The molecule has 1 aliphatic rings. The molecule has 1 heterocycles. The number of hydrogen-bond acceptors (Lipinski definition) is 2. The van der Waals surface area contributed by atoms with Crippen molar-refractivity contribution >= 4 is 21.6 Å². The van der Waals surface area contributed by atoms with Crippen molar-refractivity contribution in [1.29, 1.82) is 0 Å². The Morgan fingerprint density at radius 2 is 2.00 bits per heavy atom. The molecule has 1 aromatic carbocycles. The van der Waals surface area contributed by atoms with Crippen molar-refractivity contribution in [2.75, 3.05) is 24.5 Å². The minimum absolute atomic E-state index is 0.0889. The van der Waals surface area contributed by atoms with Crippen LogP contribution in [-0.2, 0) is 0 Å². The third-order valence-electron chi connectivity index (χ3n) is 3.74. The number of anilines is 1. The Kier molecular flexibility index (Phi) is 4.69. The van der Waals surface area contributed by atoms with E-state index in [1.165, 1.54) is 6.07 Å². The van der Waals surface area contributed by atoms with Crippen LogP contribution in [0, 0.1) is 17.0 Å². The van der Waals surface area contributed by atoms with Gasteiger partial charge in [-0.3, -0.25) is 0 Å². The molecule has 0 bridgehead atoms. The standard InChI is InChI=1S/C15H21BrF2N2/c1-15(2,3)13-9-20(6-4-5-19-13)14-11(16)7-10(17)8-12(14)18/h7-8,13,19H,4-6,9H2,1-3H3. The molecular weight excluding hydrogens is 326 g/mol. The van der Waals surface area contributed by atoms with Gasteiger partial charge in [-0.2, -0.15) is 0 Å². The predicted molar refractivity (Wildman–Crippen MR) is 82.1 cm³/mol. The summed E-state index contributed by atoms with van der Waals surface area (Å²) < 4.78 is 27.8. The van der Waals surface area contributed by atoms with Crippen molar-refractivity contribution in [3.05, 3.63) is 28.2 Å². The highest BCUT2D eigenvalue weighted by molar-refractivity contribution is 9.10. The van der Waals surface area contributed by atoms with E-state index < -0.39 is 11.6 Å². The Labute approximate surface area is 127 Å². The maximum absolute atomic E-state index is 14.1. The summed E-state index contributed by atoms with van der Waals surface area (Å²) in [5, 5.41) is 3.52. The monoisotopic (exact) mass is 346 g/mol. The van der Waals surface area contributed by atoms with Gasteiger partial charge in [0.05, 0.1) is 5.69 Å². The van der Waals surface area contributed by atoms with Crippen molar-refractivity contribution in [2.24, 2.45) is 5.41 Å². The van der Waals surface area contributed by atoms with Gasteiger partial charge >= 0.3 is 0 Å².